The summed E-state index contributed by atoms with van der Waals surface area (Å²) in [5.74, 6) is -0.550. The van der Waals surface area contributed by atoms with E-state index in [2.05, 4.69) is 9.08 Å². The molecule has 0 bridgehead atoms. The highest BCUT2D eigenvalue weighted by molar-refractivity contribution is 7.88. The third-order valence-corrected chi connectivity index (χ3v) is 6.34. The Hall–Kier alpha value is -2.07. The average Bonchev–Trinajstić information content (AvgIpc) is 3.15. The van der Waals surface area contributed by atoms with E-state index in [1.807, 2.05) is 4.90 Å². The van der Waals surface area contributed by atoms with Crippen molar-refractivity contribution in [3.63, 3.8) is 0 Å². The van der Waals surface area contributed by atoms with Crippen LogP contribution < -0.4 is 4.18 Å². The van der Waals surface area contributed by atoms with Gasteiger partial charge in [-0.2, -0.15) is 21.6 Å². The normalized spacial score (nSPS) is 21.3. The Morgan fingerprint density at radius 3 is 2.37 bits per heavy atom. The molecule has 2 heterocycles. The molecule has 1 amide bonds. The van der Waals surface area contributed by atoms with Crippen LogP contribution in [0.5, 0.6) is 5.75 Å². The number of amides is 1. The molecule has 0 unspecified atom stereocenters. The molecule has 3 rings (SSSR count). The highest BCUT2D eigenvalue weighted by atomic mass is 32.2. The van der Waals surface area contributed by atoms with Crippen LogP contribution >= 0.6 is 0 Å². The van der Waals surface area contributed by atoms with Crippen molar-refractivity contribution in [1.82, 2.24) is 9.80 Å². The molecule has 0 aliphatic carbocycles. The summed E-state index contributed by atoms with van der Waals surface area (Å²) >= 11 is 0. The molecule has 6 nitrogen and oxygen atoms in total. The number of halogens is 3. The zero-order valence-corrected chi connectivity index (χ0v) is 17.3. The number of hydrogen-bond acceptors (Lipinski definition) is 5. The van der Waals surface area contributed by atoms with Gasteiger partial charge in [-0.15, -0.1) is 0 Å². The lowest BCUT2D eigenvalue weighted by atomic mass is 10.1. The molecule has 1 aromatic rings. The van der Waals surface area contributed by atoms with Crippen LogP contribution in [0.3, 0.4) is 0 Å². The predicted molar refractivity (Wildman–Crippen MR) is 106 cm³/mol. The van der Waals surface area contributed by atoms with Gasteiger partial charge in [-0.05, 0) is 62.5 Å². The summed E-state index contributed by atoms with van der Waals surface area (Å²) in [4.78, 5) is 16.9. The van der Waals surface area contributed by atoms with Crippen LogP contribution in [0.1, 0.15) is 37.7 Å². The molecule has 0 aromatic heterocycles. The molecule has 2 aliphatic heterocycles. The zero-order chi connectivity index (χ0) is 21.8. The first-order valence-electron chi connectivity index (χ1n) is 9.97. The second-order valence-corrected chi connectivity index (χ2v) is 9.11. The summed E-state index contributed by atoms with van der Waals surface area (Å²) < 4.78 is 63.2. The fourth-order valence-electron chi connectivity index (χ4n) is 3.83. The summed E-state index contributed by atoms with van der Waals surface area (Å²) in [5.41, 5.74) is -4.94. The number of alkyl halides is 3. The highest BCUT2D eigenvalue weighted by Gasteiger charge is 2.48. The van der Waals surface area contributed by atoms with E-state index in [1.165, 1.54) is 37.5 Å². The Morgan fingerprint density at radius 2 is 1.73 bits per heavy atom. The molecule has 2 saturated heterocycles. The predicted octanol–water partition coefficient (Wildman–Crippen LogP) is 3.41. The second-order valence-electron chi connectivity index (χ2n) is 7.57. The minimum Gasteiger partial charge on any atom is -0.376 e. The van der Waals surface area contributed by atoms with E-state index in [4.69, 9.17) is 0 Å². The number of nitrogens with zero attached hydrogens (tertiary/aromatic N) is 2. The summed E-state index contributed by atoms with van der Waals surface area (Å²) in [5, 5.41) is 0. The summed E-state index contributed by atoms with van der Waals surface area (Å²) in [6.45, 7) is 3.75. The first-order chi connectivity index (χ1) is 14.2. The molecule has 0 N–H and O–H groups in total. The Balaban J connectivity index is 1.57. The standard InChI is InChI=1S/C20H25F3N2O4S/c21-20(22,23)30(27,28)29-18-9-6-16(7-10-18)8-11-19(26)25-14-4-5-17(25)15-24-12-2-1-3-13-24/h6-11,17H,1-5,12-15H2/b11-8+/t17-/m0/s1. The Kier molecular flexibility index (Phi) is 7.07. The van der Waals surface area contributed by atoms with Crippen LogP contribution in [0, 0.1) is 0 Å². The van der Waals surface area contributed by atoms with Crippen molar-refractivity contribution in [1.29, 1.82) is 0 Å². The first-order valence-corrected chi connectivity index (χ1v) is 11.4. The minimum atomic E-state index is -5.70. The van der Waals surface area contributed by atoms with E-state index in [0.29, 0.717) is 12.1 Å². The fraction of sp³-hybridized carbons (Fsp3) is 0.550. The van der Waals surface area contributed by atoms with Crippen molar-refractivity contribution >= 4 is 22.1 Å². The molecule has 2 aliphatic rings. The first kappa shape index (κ1) is 22.6. The van der Waals surface area contributed by atoms with Gasteiger partial charge in [0, 0.05) is 25.2 Å². The van der Waals surface area contributed by atoms with Gasteiger partial charge in [0.05, 0.1) is 0 Å². The van der Waals surface area contributed by atoms with Crippen molar-refractivity contribution in [2.75, 3.05) is 26.2 Å². The maximum atomic E-state index is 12.6. The van der Waals surface area contributed by atoms with Crippen molar-refractivity contribution in [2.24, 2.45) is 0 Å². The van der Waals surface area contributed by atoms with Gasteiger partial charge in [0.1, 0.15) is 5.75 Å². The fourth-order valence-corrected chi connectivity index (χ4v) is 4.29. The van der Waals surface area contributed by atoms with E-state index in [1.54, 1.807) is 6.08 Å². The van der Waals surface area contributed by atoms with Gasteiger partial charge in [-0.25, -0.2) is 0 Å². The molecule has 0 spiro atoms. The van der Waals surface area contributed by atoms with Gasteiger partial charge in [0.25, 0.3) is 0 Å². The number of hydrogen-bond donors (Lipinski definition) is 0. The van der Waals surface area contributed by atoms with Crippen molar-refractivity contribution in [2.45, 2.75) is 43.7 Å². The van der Waals surface area contributed by atoms with E-state index in [-0.39, 0.29) is 11.9 Å². The van der Waals surface area contributed by atoms with Gasteiger partial charge in [-0.1, -0.05) is 18.6 Å². The third-order valence-electron chi connectivity index (χ3n) is 5.37. The van der Waals surface area contributed by atoms with Gasteiger partial charge in [0.2, 0.25) is 5.91 Å². The quantitative estimate of drug-likeness (QED) is 0.381. The van der Waals surface area contributed by atoms with Gasteiger partial charge in [0.15, 0.2) is 0 Å². The lowest BCUT2D eigenvalue weighted by molar-refractivity contribution is -0.127. The lowest BCUT2D eigenvalue weighted by Gasteiger charge is -2.32. The van der Waals surface area contributed by atoms with Crippen molar-refractivity contribution < 1.29 is 30.6 Å². The van der Waals surface area contributed by atoms with Crippen LogP contribution in [-0.4, -0.2) is 61.9 Å². The molecule has 10 heteroatoms. The van der Waals surface area contributed by atoms with Crippen LogP contribution in [0.2, 0.25) is 0 Å². The Labute approximate surface area is 174 Å². The number of piperidine rings is 1. The number of carbonyl (C=O) groups excluding carboxylic acids is 1. The molecule has 30 heavy (non-hydrogen) atoms. The Morgan fingerprint density at radius 1 is 1.07 bits per heavy atom. The second kappa shape index (κ2) is 9.38. The van der Waals surface area contributed by atoms with Crippen LogP contribution in [0.4, 0.5) is 13.2 Å². The highest BCUT2D eigenvalue weighted by Crippen LogP contribution is 2.27. The molecular weight excluding hydrogens is 421 g/mol. The molecule has 1 aromatic carbocycles. The summed E-state index contributed by atoms with van der Waals surface area (Å²) in [6, 6.07) is 5.20. The van der Waals surface area contributed by atoms with E-state index in [0.717, 1.165) is 44.6 Å². The van der Waals surface area contributed by atoms with Crippen molar-refractivity contribution in [3.05, 3.63) is 35.9 Å². The minimum absolute atomic E-state index is 0.102. The smallest absolute Gasteiger partial charge is 0.376 e. The van der Waals surface area contributed by atoms with Crippen LogP contribution in [0.15, 0.2) is 30.3 Å². The summed E-state index contributed by atoms with van der Waals surface area (Å²) in [7, 11) is -5.70. The van der Waals surface area contributed by atoms with Gasteiger partial charge in [-0.3, -0.25) is 4.79 Å². The maximum Gasteiger partial charge on any atom is 0.534 e. The lowest BCUT2D eigenvalue weighted by Crippen LogP contribution is -2.44. The van der Waals surface area contributed by atoms with Gasteiger partial charge < -0.3 is 14.0 Å². The topological polar surface area (TPSA) is 66.9 Å². The maximum absolute atomic E-state index is 12.6. The molecule has 166 valence electrons. The number of likely N-dealkylation sites (tertiary alicyclic amines) is 2. The average molecular weight is 446 g/mol. The van der Waals surface area contributed by atoms with Crippen LogP contribution in [-0.2, 0) is 14.9 Å². The van der Waals surface area contributed by atoms with E-state index >= 15 is 0 Å². The van der Waals surface area contributed by atoms with Crippen molar-refractivity contribution in [3.8, 4) is 5.75 Å². The number of carbonyl (C=O) groups is 1. The molecule has 0 radical (unpaired) electrons. The number of benzene rings is 1. The molecule has 1 atom stereocenters. The zero-order valence-electron chi connectivity index (χ0n) is 16.5. The van der Waals surface area contributed by atoms with E-state index < -0.39 is 21.4 Å². The third kappa shape index (κ3) is 5.75. The van der Waals surface area contributed by atoms with E-state index in [9.17, 15) is 26.4 Å². The monoisotopic (exact) mass is 446 g/mol. The number of rotatable bonds is 6. The SMILES string of the molecule is O=C(/C=C/c1ccc(OS(=O)(=O)C(F)(F)F)cc1)N1CCC[C@H]1CN1CCCCC1. The Bertz CT molecular complexity index is 863. The molecule has 0 saturated carbocycles. The van der Waals surface area contributed by atoms with Crippen LogP contribution in [0.25, 0.3) is 6.08 Å². The summed E-state index contributed by atoms with van der Waals surface area (Å²) in [6.07, 6.45) is 8.61. The largest absolute Gasteiger partial charge is 0.534 e. The molecular formula is C20H25F3N2O4S. The molecule has 2 fully saturated rings. The van der Waals surface area contributed by atoms with Gasteiger partial charge >= 0.3 is 15.6 Å².